The fourth-order valence-electron chi connectivity index (χ4n) is 2.84. The van der Waals surface area contributed by atoms with Crippen molar-refractivity contribution in [3.63, 3.8) is 0 Å². The third-order valence-electron chi connectivity index (χ3n) is 4.17. The number of carbonyl (C=O) groups excluding carboxylic acids is 2. The summed E-state index contributed by atoms with van der Waals surface area (Å²) in [6.45, 7) is 0.429. The highest BCUT2D eigenvalue weighted by molar-refractivity contribution is 8.15. The van der Waals surface area contributed by atoms with Crippen LogP contribution in [0, 0.1) is 0 Å². The zero-order valence-corrected chi connectivity index (χ0v) is 14.8. The number of nitrogens with one attached hydrogen (secondary N) is 2. The summed E-state index contributed by atoms with van der Waals surface area (Å²) in [7, 11) is 0. The molecule has 1 saturated heterocycles. The lowest BCUT2D eigenvalue weighted by Gasteiger charge is -2.07. The first kappa shape index (κ1) is 17.3. The number of nitrogens with zero attached hydrogens (tertiary/aromatic N) is 1. The molecule has 1 aromatic carbocycles. The van der Waals surface area contributed by atoms with Crippen LogP contribution in [0.1, 0.15) is 37.7 Å². The van der Waals surface area contributed by atoms with Crippen molar-refractivity contribution in [2.75, 3.05) is 0 Å². The Bertz CT molecular complexity index is 642. The number of aliphatic imine (C=N–C) groups is 1. The van der Waals surface area contributed by atoms with E-state index in [-0.39, 0.29) is 18.2 Å². The predicted octanol–water partition coefficient (Wildman–Crippen LogP) is 2.88. The van der Waals surface area contributed by atoms with Gasteiger partial charge in [-0.05, 0) is 30.5 Å². The smallest absolute Gasteiger partial charge is 0.240 e. The van der Waals surface area contributed by atoms with Gasteiger partial charge in [0.15, 0.2) is 5.17 Å². The molecule has 2 N–H and O–H groups in total. The minimum absolute atomic E-state index is 0.126. The predicted molar refractivity (Wildman–Crippen MR) is 97.1 cm³/mol. The van der Waals surface area contributed by atoms with Gasteiger partial charge in [0.05, 0.1) is 6.04 Å². The summed E-state index contributed by atoms with van der Waals surface area (Å²) in [5.74, 6) is -0.266. The fourth-order valence-corrected chi connectivity index (χ4v) is 4.01. The molecule has 1 unspecified atom stereocenters. The monoisotopic (exact) mass is 365 g/mol. The van der Waals surface area contributed by atoms with Crippen LogP contribution in [-0.2, 0) is 16.1 Å². The zero-order valence-electron chi connectivity index (χ0n) is 13.3. The Morgan fingerprint density at radius 3 is 2.71 bits per heavy atom. The third kappa shape index (κ3) is 4.74. The van der Waals surface area contributed by atoms with Crippen LogP contribution in [0.15, 0.2) is 29.3 Å². The van der Waals surface area contributed by atoms with Crippen molar-refractivity contribution in [2.45, 2.75) is 49.9 Å². The maximum atomic E-state index is 12.1. The van der Waals surface area contributed by atoms with E-state index in [1.807, 2.05) is 12.1 Å². The topological polar surface area (TPSA) is 70.6 Å². The van der Waals surface area contributed by atoms with Gasteiger partial charge in [-0.3, -0.25) is 14.6 Å². The largest absolute Gasteiger partial charge is 0.352 e. The van der Waals surface area contributed by atoms with E-state index in [1.165, 1.54) is 24.6 Å². The van der Waals surface area contributed by atoms with E-state index in [0.29, 0.717) is 22.8 Å². The average Bonchev–Trinajstić information content (AvgIpc) is 3.17. The molecule has 128 valence electrons. The SMILES string of the molecule is O=C(CC1SC(=NC2CCCC2)NC1=O)NCc1ccc(Cl)cc1. The molecule has 0 radical (unpaired) electrons. The standard InChI is InChI=1S/C17H20ClN3O2S/c18-12-7-5-11(6-8-12)10-19-15(22)9-14-16(23)21-17(24-14)20-13-3-1-2-4-13/h5-8,13-14H,1-4,9-10H2,(H,19,22)(H,20,21,23). The van der Waals surface area contributed by atoms with Gasteiger partial charge in [-0.25, -0.2) is 0 Å². The first-order chi connectivity index (χ1) is 11.6. The van der Waals surface area contributed by atoms with Crippen LogP contribution in [0.25, 0.3) is 0 Å². The summed E-state index contributed by atoms with van der Waals surface area (Å²) >= 11 is 7.20. The van der Waals surface area contributed by atoms with E-state index < -0.39 is 5.25 Å². The van der Waals surface area contributed by atoms with Crippen molar-refractivity contribution in [3.8, 4) is 0 Å². The molecule has 1 saturated carbocycles. The van der Waals surface area contributed by atoms with Crippen LogP contribution in [-0.4, -0.2) is 28.3 Å². The normalized spacial score (nSPS) is 22.8. The molecule has 0 aromatic heterocycles. The van der Waals surface area contributed by atoms with Gasteiger partial charge in [0.1, 0.15) is 5.25 Å². The molecule has 5 nitrogen and oxygen atoms in total. The van der Waals surface area contributed by atoms with Gasteiger partial charge >= 0.3 is 0 Å². The molecule has 0 spiro atoms. The molecule has 7 heteroatoms. The second kappa shape index (κ2) is 8.03. The summed E-state index contributed by atoms with van der Waals surface area (Å²) in [6.07, 6.45) is 4.75. The molecule has 0 bridgehead atoms. The lowest BCUT2D eigenvalue weighted by Crippen LogP contribution is -2.31. The van der Waals surface area contributed by atoms with Crippen LogP contribution >= 0.6 is 23.4 Å². The summed E-state index contributed by atoms with van der Waals surface area (Å²) < 4.78 is 0. The molecule has 24 heavy (non-hydrogen) atoms. The quantitative estimate of drug-likeness (QED) is 0.842. The maximum absolute atomic E-state index is 12.1. The summed E-state index contributed by atoms with van der Waals surface area (Å²) in [4.78, 5) is 28.7. The van der Waals surface area contributed by atoms with E-state index in [1.54, 1.807) is 12.1 Å². The highest BCUT2D eigenvalue weighted by Crippen LogP contribution is 2.26. The van der Waals surface area contributed by atoms with Crippen LogP contribution in [0.3, 0.4) is 0 Å². The molecule has 1 heterocycles. The lowest BCUT2D eigenvalue weighted by atomic mass is 10.2. The van der Waals surface area contributed by atoms with E-state index in [9.17, 15) is 9.59 Å². The zero-order chi connectivity index (χ0) is 16.9. The summed E-state index contributed by atoms with van der Waals surface area (Å²) in [5.41, 5.74) is 0.972. The average molecular weight is 366 g/mol. The maximum Gasteiger partial charge on any atom is 0.240 e. The Balaban J connectivity index is 1.47. The minimum Gasteiger partial charge on any atom is -0.352 e. The van der Waals surface area contributed by atoms with Crippen molar-refractivity contribution in [1.82, 2.24) is 10.6 Å². The molecule has 1 atom stereocenters. The van der Waals surface area contributed by atoms with Crippen LogP contribution < -0.4 is 10.6 Å². The van der Waals surface area contributed by atoms with Crippen molar-refractivity contribution in [2.24, 2.45) is 4.99 Å². The van der Waals surface area contributed by atoms with Crippen LogP contribution in [0.5, 0.6) is 0 Å². The van der Waals surface area contributed by atoms with Crippen molar-refractivity contribution in [1.29, 1.82) is 0 Å². The Morgan fingerprint density at radius 2 is 2.00 bits per heavy atom. The van der Waals surface area contributed by atoms with E-state index in [2.05, 4.69) is 15.6 Å². The van der Waals surface area contributed by atoms with Crippen molar-refractivity contribution < 1.29 is 9.59 Å². The van der Waals surface area contributed by atoms with E-state index >= 15 is 0 Å². The van der Waals surface area contributed by atoms with Gasteiger partial charge in [0.2, 0.25) is 11.8 Å². The van der Waals surface area contributed by atoms with Gasteiger partial charge in [-0.1, -0.05) is 48.3 Å². The second-order valence-corrected chi connectivity index (χ2v) is 7.70. The molecule has 2 fully saturated rings. The number of carbonyl (C=O) groups is 2. The summed E-state index contributed by atoms with van der Waals surface area (Å²) in [6, 6.07) is 7.63. The summed E-state index contributed by atoms with van der Waals surface area (Å²) in [5, 5.41) is 6.57. The molecular weight excluding hydrogens is 346 g/mol. The van der Waals surface area contributed by atoms with Crippen LogP contribution in [0.2, 0.25) is 5.02 Å². The van der Waals surface area contributed by atoms with Gasteiger partial charge in [-0.2, -0.15) is 0 Å². The number of rotatable bonds is 5. The van der Waals surface area contributed by atoms with Crippen LogP contribution in [0.4, 0.5) is 0 Å². The molecule has 1 aliphatic carbocycles. The second-order valence-electron chi connectivity index (χ2n) is 6.08. The fraction of sp³-hybridized carbons (Fsp3) is 0.471. The first-order valence-electron chi connectivity index (χ1n) is 8.16. The van der Waals surface area contributed by atoms with E-state index in [4.69, 9.17) is 11.6 Å². The van der Waals surface area contributed by atoms with Gasteiger partial charge in [0, 0.05) is 18.0 Å². The lowest BCUT2D eigenvalue weighted by molar-refractivity contribution is -0.125. The number of hydrogen-bond acceptors (Lipinski definition) is 4. The third-order valence-corrected chi connectivity index (χ3v) is 5.52. The number of thioether (sulfide) groups is 1. The molecule has 1 aliphatic heterocycles. The highest BCUT2D eigenvalue weighted by atomic mass is 35.5. The number of halogens is 1. The highest BCUT2D eigenvalue weighted by Gasteiger charge is 2.32. The molecule has 1 aromatic rings. The first-order valence-corrected chi connectivity index (χ1v) is 9.42. The van der Waals surface area contributed by atoms with Crippen molar-refractivity contribution in [3.05, 3.63) is 34.9 Å². The van der Waals surface area contributed by atoms with Crippen molar-refractivity contribution >= 4 is 40.3 Å². The number of benzene rings is 1. The Labute approximate surface area is 150 Å². The number of amidine groups is 1. The molecule has 2 amide bonds. The minimum atomic E-state index is -0.393. The number of amides is 2. The van der Waals surface area contributed by atoms with Gasteiger partial charge < -0.3 is 10.6 Å². The molecular formula is C17H20ClN3O2S. The molecule has 3 rings (SSSR count). The van der Waals surface area contributed by atoms with Gasteiger partial charge in [0.25, 0.3) is 0 Å². The Hall–Kier alpha value is -1.53. The van der Waals surface area contributed by atoms with E-state index in [0.717, 1.165) is 18.4 Å². The molecule has 2 aliphatic rings. The Morgan fingerprint density at radius 1 is 1.29 bits per heavy atom. The Kier molecular flexibility index (Phi) is 5.79. The van der Waals surface area contributed by atoms with Gasteiger partial charge in [-0.15, -0.1) is 0 Å². The number of hydrogen-bond donors (Lipinski definition) is 2.